The van der Waals surface area contributed by atoms with Gasteiger partial charge in [-0.15, -0.1) is 0 Å². The Labute approximate surface area is 58.5 Å². The van der Waals surface area contributed by atoms with Gasteiger partial charge in [-0.1, -0.05) is 0 Å². The average molecular weight is 142 g/mol. The predicted octanol–water partition coefficient (Wildman–Crippen LogP) is -0.347. The molecule has 1 heterocycles. The third kappa shape index (κ3) is 2.16. The second-order valence-corrected chi connectivity index (χ2v) is 2.10. The van der Waals surface area contributed by atoms with Crippen molar-refractivity contribution < 1.29 is 10.2 Å². The first-order valence-corrected chi connectivity index (χ1v) is 3.13. The molecule has 0 radical (unpaired) electrons. The second kappa shape index (κ2) is 3.34. The van der Waals surface area contributed by atoms with Gasteiger partial charge in [-0.3, -0.25) is 5.10 Å². The fraction of sp³-hybridized carbons (Fsp3) is 0.500. The highest BCUT2D eigenvalue weighted by atomic mass is 16.5. The molecule has 0 amide bonds. The van der Waals surface area contributed by atoms with Crippen LogP contribution in [0.15, 0.2) is 12.3 Å². The molecule has 1 aromatic rings. The van der Waals surface area contributed by atoms with Crippen LogP contribution in [0.4, 0.5) is 0 Å². The van der Waals surface area contributed by atoms with Crippen LogP contribution >= 0.6 is 0 Å². The van der Waals surface area contributed by atoms with E-state index in [0.29, 0.717) is 12.8 Å². The van der Waals surface area contributed by atoms with Crippen LogP contribution in [-0.2, 0) is 6.42 Å². The Morgan fingerprint density at radius 1 is 1.60 bits per heavy atom. The second-order valence-electron chi connectivity index (χ2n) is 2.10. The van der Waals surface area contributed by atoms with Gasteiger partial charge in [0.15, 0.2) is 6.29 Å². The molecular formula is C6H10N2O2. The standard InChI is InChI=1S/C6H10N2O2/c9-6(10)2-1-5-3-4-7-8-5/h3-4,6,9-10H,1-2H2,(H,7,8). The molecule has 0 bridgehead atoms. The van der Waals surface area contributed by atoms with E-state index in [1.807, 2.05) is 6.07 Å². The summed E-state index contributed by atoms with van der Waals surface area (Å²) in [7, 11) is 0. The van der Waals surface area contributed by atoms with Gasteiger partial charge in [-0.05, 0) is 12.5 Å². The van der Waals surface area contributed by atoms with Gasteiger partial charge >= 0.3 is 0 Å². The summed E-state index contributed by atoms with van der Waals surface area (Å²) in [5.74, 6) is 0. The lowest BCUT2D eigenvalue weighted by Crippen LogP contribution is -2.05. The smallest absolute Gasteiger partial charge is 0.151 e. The van der Waals surface area contributed by atoms with Gasteiger partial charge in [0.05, 0.1) is 0 Å². The molecule has 56 valence electrons. The van der Waals surface area contributed by atoms with Crippen molar-refractivity contribution in [2.24, 2.45) is 0 Å². The lowest BCUT2D eigenvalue weighted by Gasteiger charge is -1.99. The van der Waals surface area contributed by atoms with Gasteiger partial charge in [0.1, 0.15) is 0 Å². The number of rotatable bonds is 3. The number of aromatic nitrogens is 2. The van der Waals surface area contributed by atoms with Gasteiger partial charge in [-0.2, -0.15) is 5.10 Å². The molecule has 0 aliphatic carbocycles. The number of nitrogens with one attached hydrogen (secondary N) is 1. The number of aryl methyl sites for hydroxylation is 1. The molecule has 0 aromatic carbocycles. The van der Waals surface area contributed by atoms with E-state index in [2.05, 4.69) is 10.2 Å². The molecule has 0 unspecified atom stereocenters. The van der Waals surface area contributed by atoms with Crippen LogP contribution in [0.25, 0.3) is 0 Å². The summed E-state index contributed by atoms with van der Waals surface area (Å²) >= 11 is 0. The van der Waals surface area contributed by atoms with Crippen molar-refractivity contribution in [1.29, 1.82) is 0 Å². The monoisotopic (exact) mass is 142 g/mol. The highest BCUT2D eigenvalue weighted by Crippen LogP contribution is 1.98. The fourth-order valence-electron chi connectivity index (χ4n) is 0.709. The summed E-state index contributed by atoms with van der Waals surface area (Å²) in [4.78, 5) is 0. The van der Waals surface area contributed by atoms with Crippen LogP contribution in [0.5, 0.6) is 0 Å². The SMILES string of the molecule is OC(O)CCc1ccn[nH]1. The molecule has 0 fully saturated rings. The molecule has 0 aliphatic rings. The van der Waals surface area contributed by atoms with Crippen molar-refractivity contribution >= 4 is 0 Å². The zero-order valence-corrected chi connectivity index (χ0v) is 5.49. The Morgan fingerprint density at radius 2 is 2.40 bits per heavy atom. The first-order valence-electron chi connectivity index (χ1n) is 3.13. The third-order valence-electron chi connectivity index (χ3n) is 1.23. The number of aliphatic hydroxyl groups excluding tert-OH is 1. The maximum absolute atomic E-state index is 8.47. The van der Waals surface area contributed by atoms with Gasteiger partial charge in [-0.25, -0.2) is 0 Å². The highest BCUT2D eigenvalue weighted by Gasteiger charge is 1.98. The first-order chi connectivity index (χ1) is 4.79. The van der Waals surface area contributed by atoms with Crippen molar-refractivity contribution in [1.82, 2.24) is 10.2 Å². The topological polar surface area (TPSA) is 69.1 Å². The van der Waals surface area contributed by atoms with Crippen LogP contribution in [0.1, 0.15) is 12.1 Å². The van der Waals surface area contributed by atoms with Crippen molar-refractivity contribution in [2.45, 2.75) is 19.1 Å². The number of aromatic amines is 1. The van der Waals surface area contributed by atoms with Gasteiger partial charge in [0.25, 0.3) is 0 Å². The molecule has 4 heteroatoms. The van der Waals surface area contributed by atoms with Crippen LogP contribution in [0.3, 0.4) is 0 Å². The molecule has 3 N–H and O–H groups in total. The zero-order valence-electron chi connectivity index (χ0n) is 5.49. The maximum Gasteiger partial charge on any atom is 0.151 e. The quantitative estimate of drug-likeness (QED) is 0.505. The minimum absolute atomic E-state index is 0.349. The van der Waals surface area contributed by atoms with Crippen molar-refractivity contribution in [3.63, 3.8) is 0 Å². The fourth-order valence-corrected chi connectivity index (χ4v) is 0.709. The molecule has 0 spiro atoms. The summed E-state index contributed by atoms with van der Waals surface area (Å²) in [6.45, 7) is 0. The first kappa shape index (κ1) is 7.24. The third-order valence-corrected chi connectivity index (χ3v) is 1.23. The van der Waals surface area contributed by atoms with E-state index in [-0.39, 0.29) is 0 Å². The Kier molecular flexibility index (Phi) is 2.42. The molecule has 1 rings (SSSR count). The Hall–Kier alpha value is -0.870. The van der Waals surface area contributed by atoms with Crippen molar-refractivity contribution in [2.75, 3.05) is 0 Å². The van der Waals surface area contributed by atoms with Crippen LogP contribution in [0.2, 0.25) is 0 Å². The van der Waals surface area contributed by atoms with E-state index in [0.717, 1.165) is 5.69 Å². The number of nitrogens with zero attached hydrogens (tertiary/aromatic N) is 1. The summed E-state index contributed by atoms with van der Waals surface area (Å²) in [5, 5.41) is 23.4. The zero-order chi connectivity index (χ0) is 7.40. The largest absolute Gasteiger partial charge is 0.368 e. The van der Waals surface area contributed by atoms with E-state index in [9.17, 15) is 0 Å². The lowest BCUT2D eigenvalue weighted by molar-refractivity contribution is -0.0448. The van der Waals surface area contributed by atoms with Gasteiger partial charge < -0.3 is 10.2 Å². The molecule has 1 aromatic heterocycles. The predicted molar refractivity (Wildman–Crippen MR) is 35.1 cm³/mol. The molecule has 0 atom stereocenters. The Morgan fingerprint density at radius 3 is 2.90 bits per heavy atom. The van der Waals surface area contributed by atoms with E-state index >= 15 is 0 Å². The number of H-pyrrole nitrogens is 1. The highest BCUT2D eigenvalue weighted by molar-refractivity contribution is 4.96. The summed E-state index contributed by atoms with van der Waals surface area (Å²) in [6, 6.07) is 1.81. The summed E-state index contributed by atoms with van der Waals surface area (Å²) < 4.78 is 0. The van der Waals surface area contributed by atoms with E-state index in [4.69, 9.17) is 10.2 Å². The number of hydrogen-bond donors (Lipinski definition) is 3. The summed E-state index contributed by atoms with van der Waals surface area (Å²) in [6.07, 6.45) is 1.39. The van der Waals surface area contributed by atoms with Gasteiger partial charge in [0, 0.05) is 18.3 Å². The minimum Gasteiger partial charge on any atom is -0.368 e. The minimum atomic E-state index is -1.22. The molecule has 0 aliphatic heterocycles. The van der Waals surface area contributed by atoms with Crippen LogP contribution in [-0.4, -0.2) is 26.7 Å². The molecule has 10 heavy (non-hydrogen) atoms. The summed E-state index contributed by atoms with van der Waals surface area (Å²) in [5.41, 5.74) is 0.924. The lowest BCUT2D eigenvalue weighted by atomic mass is 10.2. The van der Waals surface area contributed by atoms with Crippen molar-refractivity contribution in [3.8, 4) is 0 Å². The molecule has 4 nitrogen and oxygen atoms in total. The Bertz CT molecular complexity index is 172. The van der Waals surface area contributed by atoms with Crippen LogP contribution < -0.4 is 0 Å². The molecular weight excluding hydrogens is 132 g/mol. The Balaban J connectivity index is 2.28. The average Bonchev–Trinajstić information content (AvgIpc) is 2.34. The van der Waals surface area contributed by atoms with Crippen molar-refractivity contribution in [3.05, 3.63) is 18.0 Å². The van der Waals surface area contributed by atoms with E-state index in [1.165, 1.54) is 0 Å². The number of aliphatic hydroxyl groups is 2. The molecule has 0 saturated carbocycles. The molecule has 0 saturated heterocycles. The van der Waals surface area contributed by atoms with E-state index < -0.39 is 6.29 Å². The number of hydrogen-bond acceptors (Lipinski definition) is 3. The normalized spacial score (nSPS) is 10.7. The van der Waals surface area contributed by atoms with E-state index in [1.54, 1.807) is 6.20 Å². The maximum atomic E-state index is 8.47. The van der Waals surface area contributed by atoms with Crippen LogP contribution in [0, 0.1) is 0 Å². The van der Waals surface area contributed by atoms with Gasteiger partial charge in [0.2, 0.25) is 0 Å².